The molecule has 0 fully saturated rings. The van der Waals surface area contributed by atoms with Crippen LogP contribution < -0.4 is 11.5 Å². The van der Waals surface area contributed by atoms with E-state index >= 15 is 0 Å². The fraction of sp³-hybridized carbons (Fsp3) is 0.571. The first-order chi connectivity index (χ1) is 5.99. The molecular formula is C7H12N2O4. The van der Waals surface area contributed by atoms with Gasteiger partial charge in [0.05, 0.1) is 0 Å². The summed E-state index contributed by atoms with van der Waals surface area (Å²) in [5.41, 5.74) is 9.85. The van der Waals surface area contributed by atoms with Crippen molar-refractivity contribution in [2.24, 2.45) is 11.5 Å². The maximum absolute atomic E-state index is 10.9. The molecule has 1 unspecified atom stereocenters. The van der Waals surface area contributed by atoms with Crippen LogP contribution in [0.5, 0.6) is 0 Å². The molecule has 6 nitrogen and oxygen atoms in total. The lowest BCUT2D eigenvalue weighted by Crippen LogP contribution is -2.37. The summed E-state index contributed by atoms with van der Waals surface area (Å²) in [5.74, 6) is -3.61. The Kier molecular flexibility index (Phi) is 4.68. The lowest BCUT2D eigenvalue weighted by Gasteiger charge is -2.06. The Balaban J connectivity index is 4.00. The van der Waals surface area contributed by atoms with Crippen molar-refractivity contribution in [3.63, 3.8) is 0 Å². The molecule has 4 N–H and O–H groups in total. The number of carbonyl (C=O) groups is 3. The van der Waals surface area contributed by atoms with Crippen LogP contribution in [0.15, 0.2) is 0 Å². The van der Waals surface area contributed by atoms with E-state index in [0.717, 1.165) is 0 Å². The van der Waals surface area contributed by atoms with Crippen LogP contribution in [0, 0.1) is 0 Å². The minimum Gasteiger partial charge on any atom is -0.385 e. The van der Waals surface area contributed by atoms with Crippen LogP contribution >= 0.6 is 0 Å². The maximum Gasteiger partial charge on any atom is 0.404 e. The number of hydrogen-bond donors (Lipinski definition) is 2. The molecule has 1 amide bonds. The first kappa shape index (κ1) is 11.6. The van der Waals surface area contributed by atoms with Crippen molar-refractivity contribution in [3.8, 4) is 0 Å². The number of amides is 1. The van der Waals surface area contributed by atoms with E-state index in [1.807, 2.05) is 6.92 Å². The number of nitrogens with two attached hydrogens (primary N) is 2. The molecule has 0 aliphatic heterocycles. The zero-order valence-corrected chi connectivity index (χ0v) is 7.28. The normalized spacial score (nSPS) is 11.8. The van der Waals surface area contributed by atoms with Crippen LogP contribution in [0.4, 0.5) is 0 Å². The number of rotatable bonds is 3. The summed E-state index contributed by atoms with van der Waals surface area (Å²) >= 11 is 0. The van der Waals surface area contributed by atoms with Gasteiger partial charge in [-0.1, -0.05) is 13.3 Å². The third kappa shape index (κ3) is 4.22. The van der Waals surface area contributed by atoms with Gasteiger partial charge in [-0.3, -0.25) is 4.79 Å². The maximum atomic E-state index is 10.9. The van der Waals surface area contributed by atoms with Crippen LogP contribution in [0.2, 0.25) is 0 Å². The molecule has 6 heteroatoms. The Morgan fingerprint density at radius 1 is 1.38 bits per heavy atom. The Hall–Kier alpha value is -1.43. The highest BCUT2D eigenvalue weighted by atomic mass is 16.6. The first-order valence-corrected chi connectivity index (χ1v) is 3.80. The number of esters is 2. The molecule has 13 heavy (non-hydrogen) atoms. The lowest BCUT2D eigenvalue weighted by atomic mass is 10.2. The fourth-order valence-electron chi connectivity index (χ4n) is 0.646. The van der Waals surface area contributed by atoms with Crippen LogP contribution in [-0.4, -0.2) is 23.9 Å². The molecule has 0 spiro atoms. The third-order valence-electron chi connectivity index (χ3n) is 1.30. The molecule has 0 heterocycles. The van der Waals surface area contributed by atoms with E-state index in [9.17, 15) is 14.4 Å². The predicted octanol–water partition coefficient (Wildman–Crippen LogP) is -1.33. The van der Waals surface area contributed by atoms with Gasteiger partial charge in [-0.15, -0.1) is 0 Å². The molecule has 0 aromatic rings. The average molecular weight is 188 g/mol. The van der Waals surface area contributed by atoms with Crippen LogP contribution in [0.25, 0.3) is 0 Å². The molecule has 1 atom stereocenters. The lowest BCUT2D eigenvalue weighted by molar-refractivity contribution is -0.164. The van der Waals surface area contributed by atoms with Gasteiger partial charge in [-0.05, 0) is 6.42 Å². The zero-order valence-electron chi connectivity index (χ0n) is 7.28. The largest absolute Gasteiger partial charge is 0.404 e. The van der Waals surface area contributed by atoms with E-state index in [4.69, 9.17) is 5.73 Å². The van der Waals surface area contributed by atoms with Gasteiger partial charge in [0.1, 0.15) is 6.04 Å². The van der Waals surface area contributed by atoms with E-state index in [0.29, 0.717) is 12.8 Å². The molecule has 0 aromatic heterocycles. The van der Waals surface area contributed by atoms with Gasteiger partial charge in [-0.2, -0.15) is 0 Å². The summed E-state index contributed by atoms with van der Waals surface area (Å²) < 4.78 is 4.05. The second-order valence-corrected chi connectivity index (χ2v) is 2.47. The highest BCUT2D eigenvalue weighted by Crippen LogP contribution is 1.95. The number of primary amides is 1. The van der Waals surface area contributed by atoms with E-state index in [1.54, 1.807) is 0 Å². The Morgan fingerprint density at radius 3 is 2.31 bits per heavy atom. The Morgan fingerprint density at radius 2 is 1.92 bits per heavy atom. The van der Waals surface area contributed by atoms with Crippen molar-refractivity contribution < 1.29 is 19.1 Å². The summed E-state index contributed by atoms with van der Waals surface area (Å²) in [6.45, 7) is 1.82. The summed E-state index contributed by atoms with van der Waals surface area (Å²) in [6.07, 6.45) is 1.08. The second kappa shape index (κ2) is 5.26. The molecule has 0 radical (unpaired) electrons. The topological polar surface area (TPSA) is 112 Å². The van der Waals surface area contributed by atoms with E-state index in [1.165, 1.54) is 0 Å². The third-order valence-corrected chi connectivity index (χ3v) is 1.30. The van der Waals surface area contributed by atoms with Crippen LogP contribution in [0.1, 0.15) is 19.8 Å². The highest BCUT2D eigenvalue weighted by molar-refractivity contribution is 6.33. The quantitative estimate of drug-likeness (QED) is 0.323. The predicted molar refractivity (Wildman–Crippen MR) is 43.2 cm³/mol. The number of carbonyl (C=O) groups excluding carboxylic acids is 3. The van der Waals surface area contributed by atoms with Crippen molar-refractivity contribution in [2.75, 3.05) is 0 Å². The molecule has 0 aromatic carbocycles. The molecule has 0 rings (SSSR count). The molecule has 0 aliphatic carbocycles. The van der Waals surface area contributed by atoms with Gasteiger partial charge in [0.15, 0.2) is 0 Å². The molecule has 74 valence electrons. The van der Waals surface area contributed by atoms with Crippen molar-refractivity contribution in [2.45, 2.75) is 25.8 Å². The zero-order chi connectivity index (χ0) is 10.4. The van der Waals surface area contributed by atoms with E-state index < -0.39 is 23.9 Å². The van der Waals surface area contributed by atoms with Crippen LogP contribution in [-0.2, 0) is 19.1 Å². The smallest absolute Gasteiger partial charge is 0.385 e. The van der Waals surface area contributed by atoms with Crippen LogP contribution in [0.3, 0.4) is 0 Å². The van der Waals surface area contributed by atoms with Crippen molar-refractivity contribution in [1.82, 2.24) is 0 Å². The van der Waals surface area contributed by atoms with Crippen molar-refractivity contribution in [3.05, 3.63) is 0 Å². The second-order valence-electron chi connectivity index (χ2n) is 2.47. The van der Waals surface area contributed by atoms with Gasteiger partial charge in [-0.25, -0.2) is 9.59 Å². The van der Waals surface area contributed by atoms with Gasteiger partial charge < -0.3 is 16.2 Å². The molecular weight excluding hydrogens is 176 g/mol. The summed E-state index contributed by atoms with van der Waals surface area (Å²) in [5, 5.41) is 0. The SMILES string of the molecule is CCCC(N)C(=O)OC(=O)C(N)=O. The molecule has 0 aliphatic rings. The Labute approximate surface area is 75.2 Å². The highest BCUT2D eigenvalue weighted by Gasteiger charge is 2.20. The summed E-state index contributed by atoms with van der Waals surface area (Å²) in [6, 6.07) is -0.881. The van der Waals surface area contributed by atoms with Gasteiger partial charge >= 0.3 is 17.8 Å². The minimum absolute atomic E-state index is 0.394. The summed E-state index contributed by atoms with van der Waals surface area (Å²) in [7, 11) is 0. The van der Waals surface area contributed by atoms with Gasteiger partial charge in [0.25, 0.3) is 0 Å². The number of ether oxygens (including phenoxy) is 1. The first-order valence-electron chi connectivity index (χ1n) is 3.80. The van der Waals surface area contributed by atoms with E-state index in [2.05, 4.69) is 10.5 Å². The fourth-order valence-corrected chi connectivity index (χ4v) is 0.646. The van der Waals surface area contributed by atoms with Crippen molar-refractivity contribution in [1.29, 1.82) is 0 Å². The minimum atomic E-state index is -1.38. The standard InChI is InChI=1S/C7H12N2O4/c1-2-3-4(8)6(11)13-7(12)5(9)10/h4H,2-3,8H2,1H3,(H2,9,10). The molecule has 0 saturated heterocycles. The van der Waals surface area contributed by atoms with Gasteiger partial charge in [0.2, 0.25) is 0 Å². The average Bonchev–Trinajstić information content (AvgIpc) is 2.04. The number of hydrogen-bond acceptors (Lipinski definition) is 5. The van der Waals surface area contributed by atoms with E-state index in [-0.39, 0.29) is 0 Å². The summed E-state index contributed by atoms with van der Waals surface area (Å²) in [4.78, 5) is 31.5. The Bertz CT molecular complexity index is 227. The molecule has 0 saturated carbocycles. The monoisotopic (exact) mass is 188 g/mol. The molecule has 0 bridgehead atoms. The van der Waals surface area contributed by atoms with Gasteiger partial charge in [0, 0.05) is 0 Å². The van der Waals surface area contributed by atoms with Crippen molar-refractivity contribution >= 4 is 17.8 Å².